The highest BCUT2D eigenvalue weighted by atomic mass is 32.1. The molecule has 0 fully saturated rings. The van der Waals surface area contributed by atoms with Gasteiger partial charge in [0.05, 0.1) is 5.69 Å². The Hall–Kier alpha value is -6.94. The zero-order chi connectivity index (χ0) is 40.0. The van der Waals surface area contributed by atoms with Crippen LogP contribution in [-0.4, -0.2) is 0 Å². The van der Waals surface area contributed by atoms with Crippen molar-refractivity contribution in [3.05, 3.63) is 223 Å². The molecule has 0 saturated heterocycles. The fraction of sp³-hybridized carbons (Fsp3) is 0.0877. The van der Waals surface area contributed by atoms with Crippen LogP contribution in [0.2, 0.25) is 0 Å². The Kier molecular flexibility index (Phi) is 7.92. The average molecular weight is 787 g/mol. The summed E-state index contributed by atoms with van der Waals surface area (Å²) in [5.74, 6) is 0.298. The van der Waals surface area contributed by atoms with Crippen LogP contribution in [0.4, 0.5) is 28.4 Å². The molecule has 12 rings (SSSR count). The molecular formula is C57H42N2S. The highest BCUT2D eigenvalue weighted by Crippen LogP contribution is 2.54. The summed E-state index contributed by atoms with van der Waals surface area (Å²) in [5, 5.41) is 2.65. The summed E-state index contributed by atoms with van der Waals surface area (Å²) in [4.78, 5) is 4.99. The summed E-state index contributed by atoms with van der Waals surface area (Å²) in [7, 11) is 0. The van der Waals surface area contributed by atoms with Crippen LogP contribution in [0.25, 0.3) is 53.6 Å². The first-order valence-corrected chi connectivity index (χ1v) is 21.8. The van der Waals surface area contributed by atoms with Crippen molar-refractivity contribution in [3.8, 4) is 33.4 Å². The second-order valence-corrected chi connectivity index (χ2v) is 17.9. The maximum absolute atomic E-state index is 2.53. The van der Waals surface area contributed by atoms with Crippen molar-refractivity contribution in [1.29, 1.82) is 0 Å². The van der Waals surface area contributed by atoms with Crippen molar-refractivity contribution in [1.82, 2.24) is 0 Å². The maximum atomic E-state index is 2.53. The molecule has 286 valence electrons. The minimum atomic E-state index is -0.111. The molecule has 1 atom stereocenters. The van der Waals surface area contributed by atoms with E-state index in [2.05, 4.69) is 224 Å². The minimum Gasteiger partial charge on any atom is -0.313 e. The minimum absolute atomic E-state index is 0.111. The van der Waals surface area contributed by atoms with Gasteiger partial charge in [-0.2, -0.15) is 0 Å². The molecule has 9 aromatic rings. The van der Waals surface area contributed by atoms with Gasteiger partial charge in [-0.05, 0) is 117 Å². The van der Waals surface area contributed by atoms with E-state index < -0.39 is 0 Å². The summed E-state index contributed by atoms with van der Waals surface area (Å²) in [6, 6.07) is 67.7. The number of allylic oxidation sites excluding steroid dienone is 4. The smallest absolute Gasteiger partial charge is 0.0518 e. The molecule has 0 bridgehead atoms. The summed E-state index contributed by atoms with van der Waals surface area (Å²) in [5.41, 5.74) is 18.8. The number of rotatable bonds is 6. The van der Waals surface area contributed by atoms with Crippen molar-refractivity contribution in [3.63, 3.8) is 0 Å². The maximum Gasteiger partial charge on any atom is 0.0518 e. The van der Waals surface area contributed by atoms with E-state index in [9.17, 15) is 0 Å². The third-order valence-corrected chi connectivity index (χ3v) is 14.4. The van der Waals surface area contributed by atoms with E-state index in [0.29, 0.717) is 5.92 Å². The molecule has 1 aromatic heterocycles. The molecule has 1 aliphatic heterocycles. The lowest BCUT2D eigenvalue weighted by Gasteiger charge is -2.29. The lowest BCUT2D eigenvalue weighted by atomic mass is 9.82. The molecule has 0 radical (unpaired) electrons. The fourth-order valence-electron chi connectivity index (χ4n) is 10.2. The Morgan fingerprint density at radius 2 is 1.23 bits per heavy atom. The molecule has 1 unspecified atom stereocenters. The van der Waals surface area contributed by atoms with E-state index in [0.717, 1.165) is 23.5 Å². The second kappa shape index (κ2) is 13.6. The number of hydrogen-bond donors (Lipinski definition) is 0. The third kappa shape index (κ3) is 5.39. The van der Waals surface area contributed by atoms with Crippen LogP contribution in [0.3, 0.4) is 0 Å². The molecule has 2 nitrogen and oxygen atoms in total. The van der Waals surface area contributed by atoms with E-state index in [-0.39, 0.29) is 5.41 Å². The number of anilines is 5. The van der Waals surface area contributed by atoms with Crippen LogP contribution < -0.4 is 9.80 Å². The van der Waals surface area contributed by atoms with Crippen molar-refractivity contribution in [2.75, 3.05) is 9.80 Å². The molecule has 3 aliphatic rings. The molecule has 0 saturated carbocycles. The Morgan fingerprint density at radius 1 is 0.550 bits per heavy atom. The zero-order valence-electron chi connectivity index (χ0n) is 33.6. The van der Waals surface area contributed by atoms with Crippen LogP contribution in [0.5, 0.6) is 0 Å². The molecule has 3 heteroatoms. The number of fused-ring (bicyclic) bond motifs is 9. The van der Waals surface area contributed by atoms with Gasteiger partial charge in [0, 0.05) is 60.0 Å². The number of hydrogen-bond acceptors (Lipinski definition) is 3. The van der Waals surface area contributed by atoms with E-state index in [1.165, 1.54) is 87.3 Å². The van der Waals surface area contributed by atoms with Crippen molar-refractivity contribution in [2.45, 2.75) is 31.6 Å². The quantitative estimate of drug-likeness (QED) is 0.166. The van der Waals surface area contributed by atoms with Crippen LogP contribution in [0, 0.1) is 0 Å². The molecular weight excluding hydrogens is 745 g/mol. The van der Waals surface area contributed by atoms with E-state index >= 15 is 0 Å². The Balaban J connectivity index is 1.01. The van der Waals surface area contributed by atoms with E-state index in [1.54, 1.807) is 0 Å². The molecule has 2 aliphatic carbocycles. The van der Waals surface area contributed by atoms with Crippen LogP contribution in [0.15, 0.2) is 206 Å². The fourth-order valence-corrected chi connectivity index (χ4v) is 11.5. The first-order valence-electron chi connectivity index (χ1n) is 21.0. The van der Waals surface area contributed by atoms with Crippen molar-refractivity contribution in [2.24, 2.45) is 0 Å². The normalized spacial score (nSPS) is 15.7. The summed E-state index contributed by atoms with van der Waals surface area (Å²) < 4.78 is 2.67. The van der Waals surface area contributed by atoms with Gasteiger partial charge in [-0.15, -0.1) is 11.3 Å². The van der Waals surface area contributed by atoms with Gasteiger partial charge in [-0.3, -0.25) is 0 Å². The predicted octanol–water partition coefficient (Wildman–Crippen LogP) is 16.2. The van der Waals surface area contributed by atoms with E-state index in [4.69, 9.17) is 0 Å². The van der Waals surface area contributed by atoms with Gasteiger partial charge in [0.15, 0.2) is 0 Å². The van der Waals surface area contributed by atoms with Gasteiger partial charge in [-0.1, -0.05) is 153 Å². The van der Waals surface area contributed by atoms with Gasteiger partial charge in [-0.25, -0.2) is 0 Å². The third-order valence-electron chi connectivity index (χ3n) is 13.2. The number of thiophene rings is 1. The summed E-state index contributed by atoms with van der Waals surface area (Å²) >= 11 is 1.89. The summed E-state index contributed by atoms with van der Waals surface area (Å²) in [6.07, 6.45) is 7.87. The standard InChI is InChI=1S/C57H42N2S/c1-57(2)51-23-9-6-18-45(51)46-32-30-42(35-52(46)57)58(40-28-26-38(27-29-40)37-14-4-3-5-15-37)43-31-33-48-47-19-7-10-24-53(47)59(54(48)36-43)41-17-12-16-39(34-41)44-21-13-22-50-49-20-8-11-25-55(49)60-56(44)50/h3-18,20-36,47H,19H2,1-2H3. The Bertz CT molecular complexity index is 3220. The summed E-state index contributed by atoms with van der Waals surface area (Å²) in [6.45, 7) is 4.74. The van der Waals surface area contributed by atoms with Crippen molar-refractivity contribution >= 4 is 59.9 Å². The lowest BCUT2D eigenvalue weighted by Crippen LogP contribution is -2.17. The molecule has 8 aromatic carbocycles. The topological polar surface area (TPSA) is 6.48 Å². The Labute approximate surface area is 355 Å². The van der Waals surface area contributed by atoms with Gasteiger partial charge >= 0.3 is 0 Å². The SMILES string of the molecule is CC1(C)c2ccccc2-c2ccc(N(c3ccc(-c4ccccc4)cc3)c3ccc4c(c3)N(c3cccc(-c5cccc6c5sc5ccccc56)c3)C3=CC=CCC34)cc21. The van der Waals surface area contributed by atoms with Gasteiger partial charge < -0.3 is 9.80 Å². The monoisotopic (exact) mass is 786 g/mol. The average Bonchev–Trinajstić information content (AvgIpc) is 3.92. The second-order valence-electron chi connectivity index (χ2n) is 16.9. The van der Waals surface area contributed by atoms with E-state index in [1.807, 2.05) is 11.3 Å². The molecule has 0 N–H and O–H groups in total. The largest absolute Gasteiger partial charge is 0.313 e. The molecule has 0 spiro atoms. The molecule has 0 amide bonds. The lowest BCUT2D eigenvalue weighted by molar-refractivity contribution is 0.660. The van der Waals surface area contributed by atoms with Crippen LogP contribution in [0.1, 0.15) is 42.9 Å². The van der Waals surface area contributed by atoms with Gasteiger partial charge in [0.1, 0.15) is 0 Å². The highest BCUT2D eigenvalue weighted by molar-refractivity contribution is 7.26. The predicted molar refractivity (Wildman–Crippen MR) is 256 cm³/mol. The first-order chi connectivity index (χ1) is 29.5. The molecule has 60 heavy (non-hydrogen) atoms. The van der Waals surface area contributed by atoms with Crippen LogP contribution in [-0.2, 0) is 5.41 Å². The van der Waals surface area contributed by atoms with Crippen LogP contribution >= 0.6 is 11.3 Å². The van der Waals surface area contributed by atoms with Gasteiger partial charge in [0.25, 0.3) is 0 Å². The number of benzene rings is 8. The first kappa shape index (κ1) is 35.0. The van der Waals surface area contributed by atoms with Crippen molar-refractivity contribution < 1.29 is 0 Å². The highest BCUT2D eigenvalue weighted by Gasteiger charge is 2.37. The Morgan fingerprint density at radius 3 is 2.13 bits per heavy atom. The zero-order valence-corrected chi connectivity index (χ0v) is 34.5. The number of nitrogens with zero attached hydrogens (tertiary/aromatic N) is 2. The molecule has 2 heterocycles. The van der Waals surface area contributed by atoms with Gasteiger partial charge in [0.2, 0.25) is 0 Å².